The number of carbonyl (C=O) groups excluding carboxylic acids is 1. The minimum atomic E-state index is -1.79. The first kappa shape index (κ1) is 68.6. The Morgan fingerprint density at radius 2 is 0.865 bits per heavy atom. The molecule has 0 saturated carbocycles. The third kappa shape index (κ3) is 31.8. The van der Waals surface area contributed by atoms with Crippen LogP contribution in [0.25, 0.3) is 0 Å². The number of amides is 1. The summed E-state index contributed by atoms with van der Waals surface area (Å²) >= 11 is 0. The van der Waals surface area contributed by atoms with E-state index >= 15 is 0 Å². The van der Waals surface area contributed by atoms with Crippen molar-refractivity contribution in [1.29, 1.82) is 0 Å². The van der Waals surface area contributed by atoms with Crippen molar-refractivity contribution in [2.75, 3.05) is 19.8 Å². The van der Waals surface area contributed by atoms with Crippen molar-refractivity contribution in [2.24, 2.45) is 0 Å². The van der Waals surface area contributed by atoms with Crippen molar-refractivity contribution in [1.82, 2.24) is 5.32 Å². The van der Waals surface area contributed by atoms with Gasteiger partial charge in [-0.25, -0.2) is 0 Å². The average Bonchev–Trinajstić information content (AvgIpc) is 3.40. The van der Waals surface area contributed by atoms with E-state index in [0.29, 0.717) is 12.8 Å². The van der Waals surface area contributed by atoms with Crippen LogP contribution >= 0.6 is 0 Å². The number of rotatable bonds is 49. The number of hydrogen-bond acceptors (Lipinski definition) is 13. The van der Waals surface area contributed by atoms with Crippen LogP contribution in [0.2, 0.25) is 0 Å². The van der Waals surface area contributed by atoms with Crippen molar-refractivity contribution >= 4 is 5.91 Å². The minimum Gasteiger partial charge on any atom is -0.394 e. The van der Waals surface area contributed by atoms with E-state index in [1.165, 1.54) is 193 Å². The van der Waals surface area contributed by atoms with Crippen LogP contribution in [0.3, 0.4) is 0 Å². The van der Waals surface area contributed by atoms with Crippen molar-refractivity contribution in [3.63, 3.8) is 0 Å². The van der Waals surface area contributed by atoms with Gasteiger partial charge < -0.3 is 65.1 Å². The van der Waals surface area contributed by atoms with Crippen molar-refractivity contribution in [3.8, 4) is 0 Å². The molecule has 0 aromatic rings. The molecule has 2 rings (SSSR count). The molecule has 9 N–H and O–H groups in total. The third-order valence-corrected chi connectivity index (χ3v) is 15.1. The SMILES string of the molecule is CCCCCCCCCCCC/C=C/CC/C=C/C(O)C(COC1OC(CO)C(OC2OC(CO)C(O)C(O)C2O)C(O)C1O)NC(=O)CCCCCCCCCCCCCCCCCCCCCCCCCC. The van der Waals surface area contributed by atoms with Gasteiger partial charge in [0.05, 0.1) is 32.0 Å². The molecule has 2 fully saturated rings. The molecule has 14 nitrogen and oxygen atoms in total. The lowest BCUT2D eigenvalue weighted by Crippen LogP contribution is -2.65. The molecule has 436 valence electrons. The summed E-state index contributed by atoms with van der Waals surface area (Å²) in [4.78, 5) is 13.3. The lowest BCUT2D eigenvalue weighted by Gasteiger charge is -2.46. The van der Waals surface area contributed by atoms with Gasteiger partial charge in [-0.15, -0.1) is 0 Å². The van der Waals surface area contributed by atoms with Crippen LogP contribution in [0.15, 0.2) is 24.3 Å². The fourth-order valence-electron chi connectivity index (χ4n) is 10.2. The lowest BCUT2D eigenvalue weighted by atomic mass is 9.97. The van der Waals surface area contributed by atoms with Gasteiger partial charge in [0.15, 0.2) is 12.6 Å². The van der Waals surface area contributed by atoms with Gasteiger partial charge >= 0.3 is 0 Å². The fraction of sp³-hybridized carbons (Fsp3) is 0.917. The molecular weight excluding hydrogens is 943 g/mol. The Labute approximate surface area is 449 Å². The lowest BCUT2D eigenvalue weighted by molar-refractivity contribution is -0.359. The molecule has 2 aliphatic heterocycles. The predicted molar refractivity (Wildman–Crippen MR) is 295 cm³/mol. The highest BCUT2D eigenvalue weighted by Crippen LogP contribution is 2.30. The molecule has 0 aromatic carbocycles. The largest absolute Gasteiger partial charge is 0.394 e. The monoisotopic (exact) mass is 1060 g/mol. The number of allylic oxidation sites excluding steroid dienone is 3. The first-order valence-electron chi connectivity index (χ1n) is 30.6. The minimum absolute atomic E-state index is 0.244. The molecule has 2 saturated heterocycles. The van der Waals surface area contributed by atoms with Gasteiger partial charge in [0.25, 0.3) is 0 Å². The van der Waals surface area contributed by atoms with Gasteiger partial charge in [-0.1, -0.05) is 244 Å². The molecule has 0 aliphatic carbocycles. The highest BCUT2D eigenvalue weighted by Gasteiger charge is 2.51. The highest BCUT2D eigenvalue weighted by atomic mass is 16.7. The highest BCUT2D eigenvalue weighted by molar-refractivity contribution is 5.76. The van der Waals surface area contributed by atoms with Gasteiger partial charge in [0.1, 0.15) is 48.8 Å². The zero-order valence-electron chi connectivity index (χ0n) is 46.8. The van der Waals surface area contributed by atoms with Crippen LogP contribution < -0.4 is 5.32 Å². The standard InChI is InChI=1S/C60H113NO13/c1-3-5-7-9-11-13-15-17-19-21-22-23-24-25-26-27-28-30-32-34-36-38-40-42-44-52(65)61-48(49(64)43-41-39-37-35-33-31-29-20-18-16-14-12-10-8-6-4-2)47-71-59-57(70)55(68)58(51(46-63)73-59)74-60-56(69)54(67)53(66)50(45-62)72-60/h33,35,41,43,48-51,53-60,62-64,66-70H,3-32,34,36-40,42,44-47H2,1-2H3,(H,61,65)/b35-33+,43-41+. The van der Waals surface area contributed by atoms with Crippen LogP contribution in [0, 0.1) is 0 Å². The Bertz CT molecular complexity index is 1340. The summed E-state index contributed by atoms with van der Waals surface area (Å²) in [6, 6.07) is -0.927. The summed E-state index contributed by atoms with van der Waals surface area (Å²) in [7, 11) is 0. The maximum Gasteiger partial charge on any atom is 0.220 e. The first-order valence-corrected chi connectivity index (χ1v) is 30.6. The van der Waals surface area contributed by atoms with E-state index in [-0.39, 0.29) is 18.9 Å². The molecule has 12 atom stereocenters. The van der Waals surface area contributed by atoms with Gasteiger partial charge in [-0.3, -0.25) is 4.79 Å². The predicted octanol–water partition coefficient (Wildman–Crippen LogP) is 10.4. The quantitative estimate of drug-likeness (QED) is 0.0204. The molecule has 0 radical (unpaired) electrons. The number of nitrogens with one attached hydrogen (secondary N) is 1. The van der Waals surface area contributed by atoms with E-state index in [4.69, 9.17) is 18.9 Å². The smallest absolute Gasteiger partial charge is 0.220 e. The second-order valence-corrected chi connectivity index (χ2v) is 21.8. The van der Waals surface area contributed by atoms with Crippen LogP contribution in [0.1, 0.15) is 258 Å². The summed E-state index contributed by atoms with van der Waals surface area (Å²) < 4.78 is 22.8. The molecule has 12 unspecified atom stereocenters. The Morgan fingerprint density at radius 3 is 1.32 bits per heavy atom. The van der Waals surface area contributed by atoms with E-state index in [2.05, 4.69) is 31.3 Å². The summed E-state index contributed by atoms with van der Waals surface area (Å²) in [5, 5.41) is 87.1. The van der Waals surface area contributed by atoms with E-state index in [1.54, 1.807) is 6.08 Å². The van der Waals surface area contributed by atoms with Crippen LogP contribution in [-0.4, -0.2) is 140 Å². The Balaban J connectivity index is 1.74. The zero-order chi connectivity index (χ0) is 53.9. The molecule has 74 heavy (non-hydrogen) atoms. The van der Waals surface area contributed by atoms with E-state index in [1.807, 2.05) is 6.08 Å². The summed E-state index contributed by atoms with van der Waals surface area (Å²) in [5.74, 6) is -0.244. The summed E-state index contributed by atoms with van der Waals surface area (Å²) in [6.45, 7) is 2.80. The number of aliphatic hydroxyl groups is 8. The maximum atomic E-state index is 13.3. The molecule has 14 heteroatoms. The second-order valence-electron chi connectivity index (χ2n) is 21.8. The van der Waals surface area contributed by atoms with Crippen LogP contribution in [0.5, 0.6) is 0 Å². The Kier molecular flexibility index (Phi) is 43.0. The Morgan fingerprint density at radius 1 is 0.473 bits per heavy atom. The average molecular weight is 1060 g/mol. The van der Waals surface area contributed by atoms with Gasteiger partial charge in [-0.2, -0.15) is 0 Å². The van der Waals surface area contributed by atoms with Crippen LogP contribution in [-0.2, 0) is 23.7 Å². The maximum absolute atomic E-state index is 13.3. The molecular formula is C60H113NO13. The van der Waals surface area contributed by atoms with Gasteiger partial charge in [-0.05, 0) is 32.1 Å². The van der Waals surface area contributed by atoms with Gasteiger partial charge in [0, 0.05) is 6.42 Å². The third-order valence-electron chi connectivity index (χ3n) is 15.1. The second kappa shape index (κ2) is 46.4. The molecule has 0 aromatic heterocycles. The van der Waals surface area contributed by atoms with E-state index in [9.17, 15) is 45.6 Å². The summed E-state index contributed by atoms with van der Waals surface area (Å²) in [5.41, 5.74) is 0. The molecule has 0 spiro atoms. The fourth-order valence-corrected chi connectivity index (χ4v) is 10.2. The molecule has 2 heterocycles. The number of ether oxygens (including phenoxy) is 4. The molecule has 0 bridgehead atoms. The normalized spacial score (nSPS) is 25.3. The van der Waals surface area contributed by atoms with E-state index in [0.717, 1.165) is 32.1 Å². The number of unbranched alkanes of at least 4 members (excludes halogenated alkanes) is 34. The van der Waals surface area contributed by atoms with Gasteiger partial charge in [0.2, 0.25) is 5.91 Å². The van der Waals surface area contributed by atoms with Crippen LogP contribution in [0.4, 0.5) is 0 Å². The number of hydrogen-bond donors (Lipinski definition) is 9. The molecule has 1 amide bonds. The number of aliphatic hydroxyl groups excluding tert-OH is 8. The van der Waals surface area contributed by atoms with E-state index < -0.39 is 86.8 Å². The zero-order valence-corrected chi connectivity index (χ0v) is 46.8. The Hall–Kier alpha value is -1.53. The van der Waals surface area contributed by atoms with Crippen molar-refractivity contribution < 1.29 is 64.6 Å². The number of carbonyl (C=O) groups is 1. The first-order chi connectivity index (χ1) is 36.1. The molecule has 2 aliphatic rings. The topological polar surface area (TPSA) is 228 Å². The van der Waals surface area contributed by atoms with Crippen molar-refractivity contribution in [3.05, 3.63) is 24.3 Å². The summed E-state index contributed by atoms with van der Waals surface area (Å²) in [6.07, 6.45) is 38.0. The van der Waals surface area contributed by atoms with Crippen molar-refractivity contribution in [2.45, 2.75) is 331 Å².